The fourth-order valence-corrected chi connectivity index (χ4v) is 2.59. The molecule has 0 spiro atoms. The maximum atomic E-state index is 12.9. The number of carbonyl (C=O) groups is 3. The maximum Gasteiger partial charge on any atom is 0.328 e. The molecule has 7 nitrogen and oxygen atoms in total. The van der Waals surface area contributed by atoms with Gasteiger partial charge in [-0.1, -0.05) is 51.1 Å². The van der Waals surface area contributed by atoms with E-state index >= 15 is 0 Å². The van der Waals surface area contributed by atoms with E-state index in [2.05, 4.69) is 10.6 Å². The van der Waals surface area contributed by atoms with E-state index in [0.29, 0.717) is 25.8 Å². The highest BCUT2D eigenvalue weighted by atomic mass is 16.5. The van der Waals surface area contributed by atoms with E-state index < -0.39 is 29.4 Å². The van der Waals surface area contributed by atoms with Crippen LogP contribution in [0.1, 0.15) is 45.6 Å². The van der Waals surface area contributed by atoms with Crippen LogP contribution in [0.25, 0.3) is 0 Å². The quantitative estimate of drug-likeness (QED) is 0.414. The molecular formula is C21H33N3O4. The van der Waals surface area contributed by atoms with Gasteiger partial charge in [0.05, 0.1) is 7.11 Å². The van der Waals surface area contributed by atoms with Gasteiger partial charge in [-0.3, -0.25) is 9.59 Å². The molecule has 0 aliphatic heterocycles. The molecule has 0 saturated carbocycles. The smallest absolute Gasteiger partial charge is 0.328 e. The summed E-state index contributed by atoms with van der Waals surface area (Å²) < 4.78 is 4.81. The molecular weight excluding hydrogens is 358 g/mol. The summed E-state index contributed by atoms with van der Waals surface area (Å²) in [6, 6.07) is 7.85. The summed E-state index contributed by atoms with van der Waals surface area (Å²) in [5.74, 6) is -1.16. The Labute approximate surface area is 167 Å². The highest BCUT2D eigenvalue weighted by Gasteiger charge is 2.30. The molecule has 2 amide bonds. The number of hydrogen-bond acceptors (Lipinski definition) is 5. The lowest BCUT2D eigenvalue weighted by Crippen LogP contribution is -2.54. The van der Waals surface area contributed by atoms with Gasteiger partial charge in [0.2, 0.25) is 11.8 Å². The third-order valence-corrected chi connectivity index (χ3v) is 4.33. The molecule has 7 heteroatoms. The number of benzene rings is 1. The van der Waals surface area contributed by atoms with Crippen LogP contribution >= 0.6 is 0 Å². The van der Waals surface area contributed by atoms with E-state index in [-0.39, 0.29) is 5.91 Å². The zero-order chi connectivity index (χ0) is 21.2. The molecule has 2 atom stereocenters. The zero-order valence-corrected chi connectivity index (χ0v) is 17.3. The molecule has 0 aliphatic carbocycles. The number of carbonyl (C=O) groups excluding carboxylic acids is 3. The number of nitrogens with one attached hydrogen (secondary N) is 2. The van der Waals surface area contributed by atoms with E-state index in [1.54, 1.807) is 20.8 Å². The van der Waals surface area contributed by atoms with E-state index in [0.717, 1.165) is 12.0 Å². The van der Waals surface area contributed by atoms with Crippen LogP contribution in [0.5, 0.6) is 0 Å². The third-order valence-electron chi connectivity index (χ3n) is 4.33. The molecule has 0 heterocycles. The first-order valence-corrected chi connectivity index (χ1v) is 9.62. The molecule has 0 aliphatic rings. The molecule has 156 valence electrons. The predicted octanol–water partition coefficient (Wildman–Crippen LogP) is 1.55. The monoisotopic (exact) mass is 391 g/mol. The van der Waals surface area contributed by atoms with E-state index in [4.69, 9.17) is 10.5 Å². The van der Waals surface area contributed by atoms with Gasteiger partial charge in [-0.25, -0.2) is 4.79 Å². The first kappa shape index (κ1) is 23.6. The lowest BCUT2D eigenvalue weighted by molar-refractivity contribution is -0.145. The van der Waals surface area contributed by atoms with Crippen molar-refractivity contribution in [3.8, 4) is 0 Å². The van der Waals surface area contributed by atoms with Crippen molar-refractivity contribution in [2.45, 2.75) is 58.5 Å². The SMILES string of the molecule is COC(=O)[C@H](CCCCN)NC(=O)[C@@H](Cc1ccccc1)NC(=O)C(C)(C)C. The lowest BCUT2D eigenvalue weighted by atomic mass is 9.94. The number of rotatable bonds is 10. The average molecular weight is 392 g/mol. The molecule has 1 rings (SSSR count). The van der Waals surface area contributed by atoms with Crippen molar-refractivity contribution in [1.29, 1.82) is 0 Å². The Bertz CT molecular complexity index is 641. The van der Waals surface area contributed by atoms with Gasteiger partial charge in [0.25, 0.3) is 0 Å². The molecule has 4 N–H and O–H groups in total. The third kappa shape index (κ3) is 8.08. The Morgan fingerprint density at radius 2 is 1.68 bits per heavy atom. The highest BCUT2D eigenvalue weighted by Crippen LogP contribution is 2.14. The molecule has 0 unspecified atom stereocenters. The number of methoxy groups -OCH3 is 1. The van der Waals surface area contributed by atoms with Gasteiger partial charge < -0.3 is 21.1 Å². The number of esters is 1. The minimum absolute atomic E-state index is 0.235. The van der Waals surface area contributed by atoms with Crippen molar-refractivity contribution < 1.29 is 19.1 Å². The van der Waals surface area contributed by atoms with E-state index in [1.165, 1.54) is 7.11 Å². The minimum atomic E-state index is -0.796. The molecule has 0 saturated heterocycles. The van der Waals surface area contributed by atoms with E-state index in [9.17, 15) is 14.4 Å². The number of ether oxygens (including phenoxy) is 1. The lowest BCUT2D eigenvalue weighted by Gasteiger charge is -2.25. The normalized spacial score (nSPS) is 13.3. The van der Waals surface area contributed by atoms with Crippen molar-refractivity contribution in [3.63, 3.8) is 0 Å². The molecule has 28 heavy (non-hydrogen) atoms. The summed E-state index contributed by atoms with van der Waals surface area (Å²) in [7, 11) is 1.28. The standard InChI is InChI=1S/C21H33N3O4/c1-21(2,3)20(27)24-17(14-15-10-6-5-7-11-15)18(25)23-16(19(26)28-4)12-8-9-13-22/h5-7,10-11,16-17H,8-9,12-14,22H2,1-4H3,(H,23,25)(H,24,27)/t16-,17+/m0/s1. The van der Waals surface area contributed by atoms with Crippen LogP contribution in [0.2, 0.25) is 0 Å². The van der Waals surface area contributed by atoms with Crippen LogP contribution in [-0.2, 0) is 25.5 Å². The summed E-state index contributed by atoms with van der Waals surface area (Å²) in [6.45, 7) is 5.86. The predicted molar refractivity (Wildman–Crippen MR) is 108 cm³/mol. The Morgan fingerprint density at radius 1 is 1.04 bits per heavy atom. The Morgan fingerprint density at radius 3 is 2.21 bits per heavy atom. The molecule has 1 aromatic carbocycles. The fraction of sp³-hybridized carbons (Fsp3) is 0.571. The summed E-state index contributed by atoms with van der Waals surface area (Å²) in [5.41, 5.74) is 5.77. The second-order valence-corrected chi connectivity index (χ2v) is 7.83. The second kappa shape index (κ2) is 11.4. The van der Waals surface area contributed by atoms with Gasteiger partial charge in [-0.15, -0.1) is 0 Å². The first-order valence-electron chi connectivity index (χ1n) is 9.62. The summed E-state index contributed by atoms with van der Waals surface area (Å²) in [6.07, 6.45) is 2.19. The minimum Gasteiger partial charge on any atom is -0.467 e. The van der Waals surface area contributed by atoms with Crippen LogP contribution in [-0.4, -0.2) is 43.5 Å². The summed E-state index contributed by atoms with van der Waals surface area (Å²) >= 11 is 0. The molecule has 0 aromatic heterocycles. The molecule has 1 aromatic rings. The van der Waals surface area contributed by atoms with Crippen LogP contribution in [0, 0.1) is 5.41 Å². The zero-order valence-electron chi connectivity index (χ0n) is 17.3. The van der Waals surface area contributed by atoms with Gasteiger partial charge in [0, 0.05) is 11.8 Å². The second-order valence-electron chi connectivity index (χ2n) is 7.83. The molecule has 0 bridgehead atoms. The van der Waals surface area contributed by atoms with E-state index in [1.807, 2.05) is 30.3 Å². The maximum absolute atomic E-state index is 12.9. The van der Waals surface area contributed by atoms with Gasteiger partial charge in [-0.2, -0.15) is 0 Å². The van der Waals surface area contributed by atoms with Gasteiger partial charge >= 0.3 is 5.97 Å². The van der Waals surface area contributed by atoms with Gasteiger partial charge in [0.15, 0.2) is 0 Å². The molecule has 0 fully saturated rings. The van der Waals surface area contributed by atoms with Crippen LogP contribution in [0.4, 0.5) is 0 Å². The van der Waals surface area contributed by atoms with Crippen LogP contribution in [0.3, 0.4) is 0 Å². The van der Waals surface area contributed by atoms with Crippen LogP contribution in [0.15, 0.2) is 30.3 Å². The Hall–Kier alpha value is -2.41. The average Bonchev–Trinajstić information content (AvgIpc) is 2.66. The summed E-state index contributed by atoms with van der Waals surface area (Å²) in [4.78, 5) is 37.4. The van der Waals surface area contributed by atoms with Crippen LogP contribution < -0.4 is 16.4 Å². The van der Waals surface area contributed by atoms with Crippen molar-refractivity contribution in [1.82, 2.24) is 10.6 Å². The van der Waals surface area contributed by atoms with Crippen molar-refractivity contribution >= 4 is 17.8 Å². The van der Waals surface area contributed by atoms with Gasteiger partial charge in [0.1, 0.15) is 12.1 Å². The largest absolute Gasteiger partial charge is 0.467 e. The van der Waals surface area contributed by atoms with Crippen molar-refractivity contribution in [2.75, 3.05) is 13.7 Å². The number of unbranched alkanes of at least 4 members (excludes halogenated alkanes) is 1. The first-order chi connectivity index (χ1) is 13.2. The topological polar surface area (TPSA) is 111 Å². The fourth-order valence-electron chi connectivity index (χ4n) is 2.59. The summed E-state index contributed by atoms with van der Waals surface area (Å²) in [5, 5.41) is 5.55. The Balaban J connectivity index is 2.94. The number of nitrogens with two attached hydrogens (primary N) is 1. The van der Waals surface area contributed by atoms with Crippen molar-refractivity contribution in [3.05, 3.63) is 35.9 Å². The van der Waals surface area contributed by atoms with Gasteiger partial charge in [-0.05, 0) is 31.4 Å². The highest BCUT2D eigenvalue weighted by molar-refractivity contribution is 5.92. The van der Waals surface area contributed by atoms with Crippen molar-refractivity contribution in [2.24, 2.45) is 11.1 Å². The molecule has 0 radical (unpaired) electrons. The number of hydrogen-bond donors (Lipinski definition) is 3. The number of amides is 2. The Kier molecular flexibility index (Phi) is 9.65.